The summed E-state index contributed by atoms with van der Waals surface area (Å²) in [7, 11) is 1.53. The number of aryl methyl sites for hydroxylation is 1. The molecular weight excluding hydrogens is 310 g/mol. The molecule has 5 nitrogen and oxygen atoms in total. The fourth-order valence-corrected chi connectivity index (χ4v) is 3.26. The minimum absolute atomic E-state index is 0.208. The van der Waals surface area contributed by atoms with Gasteiger partial charge in [-0.15, -0.1) is 10.2 Å². The van der Waals surface area contributed by atoms with Gasteiger partial charge in [0.2, 0.25) is 0 Å². The van der Waals surface area contributed by atoms with Crippen molar-refractivity contribution >= 4 is 19.7 Å². The molecule has 21 heavy (non-hydrogen) atoms. The van der Waals surface area contributed by atoms with Crippen LogP contribution in [0.4, 0.5) is 0 Å². The van der Waals surface area contributed by atoms with Crippen molar-refractivity contribution in [2.45, 2.75) is 44.8 Å². The molecule has 0 radical (unpaired) electrons. The number of halogens is 1. The molecule has 1 aromatic carbocycles. The SMILES string of the molecule is Cc1ccccc1Cc1nnc(S(=O)(=O)Cl)n1C(C)(C)C. The Labute approximate surface area is 129 Å². The minimum Gasteiger partial charge on any atom is -0.295 e. The molecule has 0 spiro atoms. The van der Waals surface area contributed by atoms with Crippen LogP contribution in [0.25, 0.3) is 0 Å². The standard InChI is InChI=1S/C14H18ClN3O2S/c1-10-7-5-6-8-11(10)9-12-16-17-13(21(15,19)20)18(12)14(2,3)4/h5-8H,9H2,1-4H3. The van der Waals surface area contributed by atoms with E-state index in [2.05, 4.69) is 10.2 Å². The molecule has 2 aromatic rings. The zero-order chi connectivity index (χ0) is 15.8. The van der Waals surface area contributed by atoms with E-state index in [4.69, 9.17) is 10.7 Å². The van der Waals surface area contributed by atoms with E-state index in [9.17, 15) is 8.42 Å². The van der Waals surface area contributed by atoms with Crippen LogP contribution in [-0.2, 0) is 21.0 Å². The Balaban J connectivity index is 2.56. The van der Waals surface area contributed by atoms with Crippen molar-refractivity contribution in [3.8, 4) is 0 Å². The Hall–Kier alpha value is -1.40. The van der Waals surface area contributed by atoms with Crippen LogP contribution in [0.5, 0.6) is 0 Å². The smallest absolute Gasteiger partial charge is 0.295 e. The van der Waals surface area contributed by atoms with Gasteiger partial charge in [-0.2, -0.15) is 0 Å². The molecule has 0 fully saturated rings. The van der Waals surface area contributed by atoms with E-state index in [1.54, 1.807) is 4.57 Å². The van der Waals surface area contributed by atoms with Gasteiger partial charge >= 0.3 is 0 Å². The predicted molar refractivity (Wildman–Crippen MR) is 82.0 cm³/mol. The predicted octanol–water partition coefficient (Wildman–Crippen LogP) is 2.86. The lowest BCUT2D eigenvalue weighted by Gasteiger charge is -2.24. The average Bonchev–Trinajstić information content (AvgIpc) is 2.75. The lowest BCUT2D eigenvalue weighted by Crippen LogP contribution is -2.27. The molecule has 0 aliphatic carbocycles. The topological polar surface area (TPSA) is 64.8 Å². The highest BCUT2D eigenvalue weighted by Crippen LogP contribution is 2.25. The highest BCUT2D eigenvalue weighted by molar-refractivity contribution is 8.13. The molecule has 0 amide bonds. The van der Waals surface area contributed by atoms with Gasteiger partial charge in [0.15, 0.2) is 0 Å². The van der Waals surface area contributed by atoms with E-state index in [-0.39, 0.29) is 5.16 Å². The summed E-state index contributed by atoms with van der Waals surface area (Å²) in [6, 6.07) is 7.90. The van der Waals surface area contributed by atoms with E-state index < -0.39 is 14.6 Å². The van der Waals surface area contributed by atoms with Gasteiger partial charge in [-0.25, -0.2) is 8.42 Å². The van der Waals surface area contributed by atoms with Crippen molar-refractivity contribution in [3.05, 3.63) is 41.2 Å². The third-order valence-electron chi connectivity index (χ3n) is 3.20. The van der Waals surface area contributed by atoms with E-state index in [0.29, 0.717) is 12.2 Å². The van der Waals surface area contributed by atoms with E-state index in [0.717, 1.165) is 11.1 Å². The monoisotopic (exact) mass is 327 g/mol. The quantitative estimate of drug-likeness (QED) is 0.813. The first-order chi connectivity index (χ1) is 9.60. The van der Waals surface area contributed by atoms with Gasteiger partial charge in [-0.3, -0.25) is 4.57 Å². The largest absolute Gasteiger partial charge is 0.296 e. The Morgan fingerprint density at radius 1 is 1.19 bits per heavy atom. The van der Waals surface area contributed by atoms with Crippen molar-refractivity contribution in [1.29, 1.82) is 0 Å². The van der Waals surface area contributed by atoms with E-state index >= 15 is 0 Å². The Bertz CT molecular complexity index is 761. The minimum atomic E-state index is -3.94. The molecule has 0 atom stereocenters. The molecule has 1 aromatic heterocycles. The van der Waals surface area contributed by atoms with Gasteiger partial charge in [-0.05, 0) is 38.8 Å². The second-order valence-corrected chi connectivity index (χ2v) is 8.41. The molecule has 7 heteroatoms. The summed E-state index contributed by atoms with van der Waals surface area (Å²) in [4.78, 5) is 0. The lowest BCUT2D eigenvalue weighted by molar-refractivity contribution is 0.352. The molecule has 114 valence electrons. The van der Waals surface area contributed by atoms with Gasteiger partial charge in [-0.1, -0.05) is 24.3 Å². The molecule has 0 N–H and O–H groups in total. The van der Waals surface area contributed by atoms with Crippen LogP contribution >= 0.6 is 10.7 Å². The molecule has 0 saturated heterocycles. The summed E-state index contributed by atoms with van der Waals surface area (Å²) >= 11 is 0. The molecule has 0 bridgehead atoms. The summed E-state index contributed by atoms with van der Waals surface area (Å²) < 4.78 is 24.9. The van der Waals surface area contributed by atoms with Gasteiger partial charge in [0.05, 0.1) is 0 Å². The zero-order valence-corrected chi connectivity index (χ0v) is 14.0. The highest BCUT2D eigenvalue weighted by Gasteiger charge is 2.29. The van der Waals surface area contributed by atoms with E-state index in [1.165, 1.54) is 0 Å². The molecule has 0 aliphatic heterocycles. The van der Waals surface area contributed by atoms with Crippen molar-refractivity contribution < 1.29 is 8.42 Å². The van der Waals surface area contributed by atoms with Crippen LogP contribution < -0.4 is 0 Å². The number of rotatable bonds is 3. The maximum Gasteiger partial charge on any atom is 0.296 e. The number of hydrogen-bond donors (Lipinski definition) is 0. The van der Waals surface area contributed by atoms with Crippen LogP contribution in [0.2, 0.25) is 0 Å². The first-order valence-corrected chi connectivity index (χ1v) is 8.85. The third kappa shape index (κ3) is 3.44. The van der Waals surface area contributed by atoms with Crippen LogP contribution in [0.15, 0.2) is 29.4 Å². The fourth-order valence-electron chi connectivity index (χ4n) is 2.23. The molecular formula is C14H18ClN3O2S. The Morgan fingerprint density at radius 2 is 1.81 bits per heavy atom. The maximum absolute atomic E-state index is 11.7. The first kappa shape index (κ1) is 16.0. The van der Waals surface area contributed by atoms with Crippen molar-refractivity contribution in [1.82, 2.24) is 14.8 Å². The number of aromatic nitrogens is 3. The number of benzene rings is 1. The number of hydrogen-bond acceptors (Lipinski definition) is 4. The molecule has 1 heterocycles. The van der Waals surface area contributed by atoms with Crippen molar-refractivity contribution in [3.63, 3.8) is 0 Å². The molecule has 0 unspecified atom stereocenters. The zero-order valence-electron chi connectivity index (χ0n) is 12.5. The van der Waals surface area contributed by atoms with Crippen molar-refractivity contribution in [2.24, 2.45) is 0 Å². The van der Waals surface area contributed by atoms with Gasteiger partial charge in [0.25, 0.3) is 14.2 Å². The Kier molecular flexibility index (Phi) is 4.13. The molecule has 2 rings (SSSR count). The summed E-state index contributed by atoms with van der Waals surface area (Å²) in [6.45, 7) is 7.68. The second kappa shape index (κ2) is 5.42. The third-order valence-corrected chi connectivity index (χ3v) is 4.31. The Morgan fingerprint density at radius 3 is 2.33 bits per heavy atom. The molecule has 0 aliphatic rings. The van der Waals surface area contributed by atoms with Gasteiger partial charge in [0.1, 0.15) is 5.82 Å². The highest BCUT2D eigenvalue weighted by atomic mass is 35.7. The van der Waals surface area contributed by atoms with Crippen molar-refractivity contribution in [2.75, 3.05) is 0 Å². The average molecular weight is 328 g/mol. The number of nitrogens with zero attached hydrogens (tertiary/aromatic N) is 3. The fraction of sp³-hybridized carbons (Fsp3) is 0.429. The van der Waals surface area contributed by atoms with Crippen LogP contribution in [0.3, 0.4) is 0 Å². The summed E-state index contributed by atoms with van der Waals surface area (Å²) in [6.07, 6.45) is 0.503. The first-order valence-electron chi connectivity index (χ1n) is 6.54. The van der Waals surface area contributed by atoms with Crippen LogP contribution in [-0.4, -0.2) is 23.2 Å². The summed E-state index contributed by atoms with van der Waals surface area (Å²) in [5.41, 5.74) is 1.71. The van der Waals surface area contributed by atoms with Gasteiger partial charge < -0.3 is 0 Å². The lowest BCUT2D eigenvalue weighted by atomic mass is 10.0. The van der Waals surface area contributed by atoms with Gasteiger partial charge in [0, 0.05) is 22.6 Å². The van der Waals surface area contributed by atoms with E-state index in [1.807, 2.05) is 52.0 Å². The second-order valence-electron chi connectivity index (χ2n) is 5.95. The van der Waals surface area contributed by atoms with Crippen LogP contribution in [0.1, 0.15) is 37.7 Å². The normalized spacial score (nSPS) is 12.6. The summed E-state index contributed by atoms with van der Waals surface area (Å²) in [5.74, 6) is 0.580. The summed E-state index contributed by atoms with van der Waals surface area (Å²) in [5, 5.41) is 7.60. The maximum atomic E-state index is 11.7. The van der Waals surface area contributed by atoms with Crippen LogP contribution in [0, 0.1) is 6.92 Å². The molecule has 0 saturated carbocycles.